The van der Waals surface area contributed by atoms with Gasteiger partial charge in [0.15, 0.2) is 0 Å². The molecule has 0 aliphatic carbocycles. The minimum atomic E-state index is -4.44. The van der Waals surface area contributed by atoms with E-state index in [0.717, 1.165) is 43.9 Å². The maximum Gasteiger partial charge on any atom is 0.390 e. The number of methoxy groups -OCH3 is 1. The zero-order valence-electron chi connectivity index (χ0n) is 32.2. The van der Waals surface area contributed by atoms with Gasteiger partial charge in [0.2, 0.25) is 0 Å². The number of hydrazine groups is 1. The number of carbonyl (C=O) groups excluding carboxylic acids is 3. The molecule has 0 saturated carbocycles. The summed E-state index contributed by atoms with van der Waals surface area (Å²) >= 11 is 1.48. The first-order valence-corrected chi connectivity index (χ1v) is 19.7. The van der Waals surface area contributed by atoms with Crippen molar-refractivity contribution in [3.8, 4) is 11.3 Å². The Morgan fingerprint density at radius 2 is 2.04 bits per heavy atom. The number of rotatable bonds is 7. The summed E-state index contributed by atoms with van der Waals surface area (Å²) < 4.78 is 52.9. The van der Waals surface area contributed by atoms with E-state index >= 15 is 0 Å². The number of aliphatic imine (C=N–C) groups is 1. The lowest BCUT2D eigenvalue weighted by molar-refractivity contribution is -0.155. The van der Waals surface area contributed by atoms with Gasteiger partial charge in [-0.25, -0.2) is 10.2 Å². The van der Waals surface area contributed by atoms with Crippen LogP contribution in [0.25, 0.3) is 22.2 Å². The molecule has 6 rings (SSSR count). The van der Waals surface area contributed by atoms with Crippen LogP contribution in [0.4, 0.5) is 18.0 Å². The van der Waals surface area contributed by atoms with Crippen LogP contribution in [-0.2, 0) is 32.0 Å². The fourth-order valence-electron chi connectivity index (χ4n) is 7.45. The molecule has 0 radical (unpaired) electrons. The zero-order valence-corrected chi connectivity index (χ0v) is 33.0. The maximum absolute atomic E-state index is 14.0. The third-order valence-electron chi connectivity index (χ3n) is 10.5. The number of aromatic nitrogens is 2. The lowest BCUT2D eigenvalue weighted by atomic mass is 9.84. The Labute approximate surface area is 323 Å². The number of cyclic esters (lactones) is 1. The molecule has 16 heteroatoms. The second-order valence-electron chi connectivity index (χ2n) is 15.3. The molecule has 3 aromatic rings. The monoisotopic (exact) mass is 785 g/mol. The topological polar surface area (TPSA) is 130 Å². The molecule has 12 nitrogen and oxygen atoms in total. The zero-order chi connectivity index (χ0) is 39.7. The van der Waals surface area contributed by atoms with E-state index in [4.69, 9.17) is 19.5 Å². The van der Waals surface area contributed by atoms with Gasteiger partial charge in [-0.3, -0.25) is 24.6 Å². The SMILES string of the molecule is CCn1c(-c2cccnc2[C@H](C)OC)c2c3cc(ccc31)C1CSC(=N1)C[C@H](NC(=O)N(C)CCC(F)(F)F)C(=O)N1CCC[C@H](N1)C(=O)OCC(C)(C)C2. The minimum Gasteiger partial charge on any atom is -0.464 e. The van der Waals surface area contributed by atoms with Gasteiger partial charge >= 0.3 is 18.2 Å². The highest BCUT2D eigenvalue weighted by Gasteiger charge is 2.37. The molecule has 4 atom stereocenters. The molecule has 1 aromatic carbocycles. The van der Waals surface area contributed by atoms with Gasteiger partial charge in [0.1, 0.15) is 12.1 Å². The molecule has 0 spiro atoms. The molecule has 1 saturated heterocycles. The number of esters is 1. The van der Waals surface area contributed by atoms with Gasteiger partial charge in [-0.05, 0) is 68.5 Å². The van der Waals surface area contributed by atoms with Crippen LogP contribution in [-0.4, -0.2) is 100 Å². The number of halogens is 3. The van der Waals surface area contributed by atoms with Gasteiger partial charge in [-0.15, -0.1) is 11.8 Å². The van der Waals surface area contributed by atoms with E-state index in [1.54, 1.807) is 13.3 Å². The number of hydrogen-bond acceptors (Lipinski definition) is 9. The van der Waals surface area contributed by atoms with Crippen molar-refractivity contribution in [3.05, 3.63) is 53.3 Å². The van der Waals surface area contributed by atoms with Crippen LogP contribution in [0.2, 0.25) is 0 Å². The Morgan fingerprint density at radius 3 is 2.76 bits per heavy atom. The maximum atomic E-state index is 14.0. The van der Waals surface area contributed by atoms with E-state index in [-0.39, 0.29) is 31.7 Å². The molecule has 2 aromatic heterocycles. The second-order valence-corrected chi connectivity index (χ2v) is 16.4. The number of fused-ring (bicyclic) bond motifs is 5. The van der Waals surface area contributed by atoms with Crippen molar-refractivity contribution in [2.24, 2.45) is 10.4 Å². The molecule has 6 bridgehead atoms. The van der Waals surface area contributed by atoms with E-state index in [1.165, 1.54) is 23.8 Å². The molecular weight excluding hydrogens is 736 g/mol. The summed E-state index contributed by atoms with van der Waals surface area (Å²) in [5.41, 5.74) is 8.44. The number of hydrogen-bond donors (Lipinski definition) is 2. The van der Waals surface area contributed by atoms with Gasteiger partial charge in [0, 0.05) is 74.0 Å². The fourth-order valence-corrected chi connectivity index (χ4v) is 8.56. The summed E-state index contributed by atoms with van der Waals surface area (Å²) in [6, 6.07) is 7.36. The smallest absolute Gasteiger partial charge is 0.390 e. The lowest BCUT2D eigenvalue weighted by Gasteiger charge is -2.36. The van der Waals surface area contributed by atoms with E-state index in [0.29, 0.717) is 36.6 Å². The van der Waals surface area contributed by atoms with Crippen LogP contribution in [0.5, 0.6) is 0 Å². The number of nitrogens with one attached hydrogen (secondary N) is 2. The predicted molar refractivity (Wildman–Crippen MR) is 205 cm³/mol. The number of urea groups is 1. The molecular formula is C39H50F3N7O5S. The van der Waals surface area contributed by atoms with Crippen molar-refractivity contribution in [3.63, 3.8) is 0 Å². The number of amides is 3. The molecule has 3 amide bonds. The van der Waals surface area contributed by atoms with Crippen LogP contribution >= 0.6 is 11.8 Å². The Hall–Kier alpha value is -4.15. The predicted octanol–water partition coefficient (Wildman–Crippen LogP) is 6.59. The molecule has 1 fully saturated rings. The quantitative estimate of drug-likeness (QED) is 0.257. The van der Waals surface area contributed by atoms with Crippen LogP contribution in [0.3, 0.4) is 0 Å². The van der Waals surface area contributed by atoms with Crippen LogP contribution in [0.1, 0.15) is 82.3 Å². The molecule has 2 N–H and O–H groups in total. The number of thioether (sulfide) groups is 1. The van der Waals surface area contributed by atoms with Gasteiger partial charge < -0.3 is 24.3 Å². The molecule has 55 heavy (non-hydrogen) atoms. The fraction of sp³-hybridized carbons (Fsp3) is 0.564. The van der Waals surface area contributed by atoms with Crippen molar-refractivity contribution in [2.75, 3.05) is 39.6 Å². The van der Waals surface area contributed by atoms with Crippen molar-refractivity contribution < 1.29 is 37.0 Å². The standard InChI is InChI=1S/C39H50F3N7O5S/c1-7-48-31-13-12-24-18-26(31)27(34(48)25-10-8-15-43-33(25)23(2)53-6)20-38(3,4)22-54-36(51)28-11-9-16-49(46-28)35(50)29(19-32-44-30(24)21-55-32)45-37(52)47(5)17-14-39(40,41)42/h8,10,12-13,15,18,23,28-30,46H,7,9,11,14,16-17,19-22H2,1-6H3,(H,45,52)/t23-,28-,29-,30?/m0/s1. The summed E-state index contributed by atoms with van der Waals surface area (Å²) in [6.07, 6.45) is -2.57. The van der Waals surface area contributed by atoms with Crippen molar-refractivity contribution in [1.29, 1.82) is 0 Å². The Morgan fingerprint density at radius 1 is 1.25 bits per heavy atom. The third-order valence-corrected chi connectivity index (χ3v) is 11.6. The van der Waals surface area contributed by atoms with E-state index in [9.17, 15) is 27.6 Å². The Balaban J connectivity index is 1.43. The number of aryl methyl sites for hydroxylation is 1. The van der Waals surface area contributed by atoms with Crippen LogP contribution < -0.4 is 10.7 Å². The van der Waals surface area contributed by atoms with E-state index < -0.39 is 54.5 Å². The highest BCUT2D eigenvalue weighted by molar-refractivity contribution is 8.14. The number of benzene rings is 1. The van der Waals surface area contributed by atoms with Gasteiger partial charge in [-0.2, -0.15) is 13.2 Å². The average Bonchev–Trinajstić information content (AvgIpc) is 3.76. The van der Waals surface area contributed by atoms with Crippen molar-refractivity contribution in [1.82, 2.24) is 30.2 Å². The van der Waals surface area contributed by atoms with Crippen LogP contribution in [0.15, 0.2) is 41.5 Å². The molecule has 298 valence electrons. The van der Waals surface area contributed by atoms with E-state index in [2.05, 4.69) is 60.3 Å². The largest absolute Gasteiger partial charge is 0.464 e. The molecule has 3 aliphatic rings. The average molecular weight is 786 g/mol. The van der Waals surface area contributed by atoms with Gasteiger partial charge in [0.05, 0.1) is 41.6 Å². The minimum absolute atomic E-state index is 0.0334. The van der Waals surface area contributed by atoms with Crippen LogP contribution in [0, 0.1) is 5.41 Å². The number of alkyl halides is 3. The summed E-state index contributed by atoms with van der Waals surface area (Å²) in [5, 5.41) is 5.66. The highest BCUT2D eigenvalue weighted by Crippen LogP contribution is 2.42. The second kappa shape index (κ2) is 16.5. The Kier molecular flexibility index (Phi) is 12.2. The summed E-state index contributed by atoms with van der Waals surface area (Å²) in [4.78, 5) is 51.5. The number of carbonyl (C=O) groups is 3. The molecule has 5 heterocycles. The Bertz CT molecular complexity index is 1950. The number of ether oxygens (including phenoxy) is 2. The van der Waals surface area contributed by atoms with Crippen molar-refractivity contribution in [2.45, 2.75) is 96.7 Å². The normalized spacial score (nSPS) is 22.5. The highest BCUT2D eigenvalue weighted by atomic mass is 32.2. The lowest BCUT2D eigenvalue weighted by Crippen LogP contribution is -2.61. The molecule has 1 unspecified atom stereocenters. The van der Waals surface area contributed by atoms with Gasteiger partial charge in [0.25, 0.3) is 5.91 Å². The van der Waals surface area contributed by atoms with Gasteiger partial charge in [-0.1, -0.05) is 19.9 Å². The first-order valence-electron chi connectivity index (χ1n) is 18.7. The first kappa shape index (κ1) is 40.5. The summed E-state index contributed by atoms with van der Waals surface area (Å²) in [6.45, 7) is 8.72. The third kappa shape index (κ3) is 9.12. The van der Waals surface area contributed by atoms with E-state index in [1.807, 2.05) is 13.0 Å². The number of pyridine rings is 1. The summed E-state index contributed by atoms with van der Waals surface area (Å²) in [5.74, 6) is -0.409. The molecule has 3 aliphatic heterocycles. The first-order chi connectivity index (χ1) is 26.1. The summed E-state index contributed by atoms with van der Waals surface area (Å²) in [7, 11) is 2.92. The van der Waals surface area contributed by atoms with Crippen molar-refractivity contribution >= 4 is 45.6 Å². The number of nitrogens with zero attached hydrogens (tertiary/aromatic N) is 5.